The zero-order valence-corrected chi connectivity index (χ0v) is 12.1. The van der Waals surface area contributed by atoms with Gasteiger partial charge in [0.25, 0.3) is 0 Å². The van der Waals surface area contributed by atoms with Gasteiger partial charge in [-0.1, -0.05) is 6.92 Å². The Morgan fingerprint density at radius 2 is 2.37 bits per heavy atom. The van der Waals surface area contributed by atoms with E-state index in [-0.39, 0.29) is 17.9 Å². The minimum Gasteiger partial charge on any atom is -0.377 e. The van der Waals surface area contributed by atoms with Gasteiger partial charge in [-0.2, -0.15) is 5.10 Å². The fourth-order valence-electron chi connectivity index (χ4n) is 2.27. The summed E-state index contributed by atoms with van der Waals surface area (Å²) in [5, 5.41) is 4.06. The van der Waals surface area contributed by atoms with E-state index in [2.05, 4.69) is 9.82 Å². The van der Waals surface area contributed by atoms with Crippen LogP contribution in [0.1, 0.15) is 20.3 Å². The maximum absolute atomic E-state index is 12.1. The lowest BCUT2D eigenvalue weighted by Gasteiger charge is -2.18. The van der Waals surface area contributed by atoms with Crippen LogP contribution in [0.4, 0.5) is 0 Å². The number of aromatic nitrogens is 2. The summed E-state index contributed by atoms with van der Waals surface area (Å²) < 4.78 is 33.9. The monoisotopic (exact) mass is 287 g/mol. The molecule has 1 saturated heterocycles. The second kappa shape index (κ2) is 6.02. The minimum absolute atomic E-state index is 0.0393. The van der Waals surface area contributed by atoms with Crippen molar-refractivity contribution < 1.29 is 13.2 Å². The Labute approximate surface area is 114 Å². The molecular weight excluding hydrogens is 266 g/mol. The van der Waals surface area contributed by atoms with Crippen LogP contribution in [0.25, 0.3) is 0 Å². The third kappa shape index (κ3) is 4.29. The van der Waals surface area contributed by atoms with Gasteiger partial charge in [0.05, 0.1) is 18.4 Å². The normalized spacial score (nSPS) is 25.6. The molecule has 7 heteroatoms. The molecule has 6 nitrogen and oxygen atoms in total. The Kier molecular flexibility index (Phi) is 4.59. The predicted octanol–water partition coefficient (Wildman–Crippen LogP) is 0.616. The molecule has 1 aliphatic heterocycles. The van der Waals surface area contributed by atoms with Crippen LogP contribution in [-0.2, 0) is 21.3 Å². The first-order valence-corrected chi connectivity index (χ1v) is 8.20. The van der Waals surface area contributed by atoms with Crippen molar-refractivity contribution in [1.82, 2.24) is 14.5 Å². The molecule has 1 N–H and O–H groups in total. The summed E-state index contributed by atoms with van der Waals surface area (Å²) in [5.41, 5.74) is 0. The fraction of sp³-hybridized carbons (Fsp3) is 0.750. The highest BCUT2D eigenvalue weighted by molar-refractivity contribution is 7.89. The maximum atomic E-state index is 12.1. The molecule has 108 valence electrons. The SMILES string of the molecule is CC(Cn1cccn1)NS(=O)(=O)C[C@@H]1OCC[C@@H]1C. The van der Waals surface area contributed by atoms with E-state index in [1.165, 1.54) is 0 Å². The molecule has 2 rings (SSSR count). The topological polar surface area (TPSA) is 73.2 Å². The first-order chi connectivity index (χ1) is 8.96. The van der Waals surface area contributed by atoms with Gasteiger partial charge in [-0.3, -0.25) is 4.68 Å². The molecule has 0 radical (unpaired) electrons. The molecule has 2 heterocycles. The van der Waals surface area contributed by atoms with Gasteiger partial charge in [0.15, 0.2) is 0 Å². The highest BCUT2D eigenvalue weighted by Gasteiger charge is 2.29. The Hall–Kier alpha value is -0.920. The van der Waals surface area contributed by atoms with Crippen LogP contribution in [0, 0.1) is 5.92 Å². The van der Waals surface area contributed by atoms with Crippen molar-refractivity contribution in [3.8, 4) is 0 Å². The predicted molar refractivity (Wildman–Crippen MR) is 72.1 cm³/mol. The number of hydrogen-bond acceptors (Lipinski definition) is 4. The van der Waals surface area contributed by atoms with E-state index in [1.807, 2.05) is 26.1 Å². The molecule has 1 aromatic heterocycles. The number of sulfonamides is 1. The molecule has 3 atom stereocenters. The lowest BCUT2D eigenvalue weighted by molar-refractivity contribution is 0.111. The largest absolute Gasteiger partial charge is 0.377 e. The summed E-state index contributed by atoms with van der Waals surface area (Å²) in [6.45, 7) is 5.04. The van der Waals surface area contributed by atoms with E-state index in [9.17, 15) is 8.42 Å². The summed E-state index contributed by atoms with van der Waals surface area (Å²) >= 11 is 0. The van der Waals surface area contributed by atoms with E-state index < -0.39 is 10.0 Å². The Bertz CT molecular complexity index is 486. The third-order valence-corrected chi connectivity index (χ3v) is 4.85. The van der Waals surface area contributed by atoms with E-state index in [4.69, 9.17) is 4.74 Å². The van der Waals surface area contributed by atoms with Gasteiger partial charge in [-0.05, 0) is 25.3 Å². The number of ether oxygens (including phenoxy) is 1. The van der Waals surface area contributed by atoms with E-state index in [1.54, 1.807) is 10.9 Å². The smallest absolute Gasteiger partial charge is 0.214 e. The van der Waals surface area contributed by atoms with Crippen molar-refractivity contribution in [2.45, 2.75) is 39.0 Å². The van der Waals surface area contributed by atoms with Crippen molar-refractivity contribution in [2.24, 2.45) is 5.92 Å². The lowest BCUT2D eigenvalue weighted by atomic mass is 10.1. The van der Waals surface area contributed by atoms with Crippen molar-refractivity contribution in [3.63, 3.8) is 0 Å². The molecule has 1 unspecified atom stereocenters. The average Bonchev–Trinajstić information content (AvgIpc) is 2.90. The van der Waals surface area contributed by atoms with Crippen LogP contribution in [0.3, 0.4) is 0 Å². The molecule has 0 amide bonds. The molecule has 1 aromatic rings. The molecule has 0 bridgehead atoms. The van der Waals surface area contributed by atoms with Crippen LogP contribution in [0.2, 0.25) is 0 Å². The van der Waals surface area contributed by atoms with Crippen LogP contribution in [-0.4, -0.2) is 42.7 Å². The van der Waals surface area contributed by atoms with Gasteiger partial charge in [-0.15, -0.1) is 0 Å². The standard InChI is InChI=1S/C12H21N3O3S/c1-10-4-7-18-12(10)9-19(16,17)14-11(2)8-15-6-3-5-13-15/h3,5-6,10-12,14H,4,7-9H2,1-2H3/t10-,11?,12-/m0/s1. The number of hydrogen-bond donors (Lipinski definition) is 1. The van der Waals surface area contributed by atoms with Crippen LogP contribution < -0.4 is 4.72 Å². The molecule has 1 fully saturated rings. The van der Waals surface area contributed by atoms with Gasteiger partial charge >= 0.3 is 0 Å². The van der Waals surface area contributed by atoms with E-state index in [0.717, 1.165) is 6.42 Å². The molecule has 0 spiro atoms. The second-order valence-electron chi connectivity index (χ2n) is 5.20. The van der Waals surface area contributed by atoms with Crippen molar-refractivity contribution in [2.75, 3.05) is 12.4 Å². The number of nitrogens with zero attached hydrogens (tertiary/aromatic N) is 2. The number of rotatable bonds is 6. The van der Waals surface area contributed by atoms with Gasteiger partial charge in [0.2, 0.25) is 10.0 Å². The Morgan fingerprint density at radius 1 is 1.58 bits per heavy atom. The summed E-state index contributed by atoms with van der Waals surface area (Å²) in [7, 11) is -3.32. The molecule has 1 aliphatic rings. The van der Waals surface area contributed by atoms with E-state index in [0.29, 0.717) is 19.1 Å². The number of nitrogens with one attached hydrogen (secondary N) is 1. The quantitative estimate of drug-likeness (QED) is 0.832. The van der Waals surface area contributed by atoms with Crippen molar-refractivity contribution in [1.29, 1.82) is 0 Å². The first kappa shape index (κ1) is 14.5. The van der Waals surface area contributed by atoms with Crippen molar-refractivity contribution >= 4 is 10.0 Å². The van der Waals surface area contributed by atoms with Gasteiger partial charge in [-0.25, -0.2) is 13.1 Å². The maximum Gasteiger partial charge on any atom is 0.214 e. The van der Waals surface area contributed by atoms with Gasteiger partial charge < -0.3 is 4.74 Å². The van der Waals surface area contributed by atoms with Gasteiger partial charge in [0, 0.05) is 25.0 Å². The summed E-state index contributed by atoms with van der Waals surface area (Å²) in [5.74, 6) is 0.343. The van der Waals surface area contributed by atoms with Crippen LogP contribution in [0.5, 0.6) is 0 Å². The van der Waals surface area contributed by atoms with Crippen LogP contribution >= 0.6 is 0 Å². The molecule has 0 saturated carbocycles. The third-order valence-electron chi connectivity index (χ3n) is 3.32. The molecule has 19 heavy (non-hydrogen) atoms. The Morgan fingerprint density at radius 3 is 2.95 bits per heavy atom. The van der Waals surface area contributed by atoms with Gasteiger partial charge in [0.1, 0.15) is 0 Å². The lowest BCUT2D eigenvalue weighted by Crippen LogP contribution is -2.40. The van der Waals surface area contributed by atoms with E-state index >= 15 is 0 Å². The molecule has 0 aromatic carbocycles. The highest BCUT2D eigenvalue weighted by atomic mass is 32.2. The molecule has 0 aliphatic carbocycles. The zero-order chi connectivity index (χ0) is 13.9. The zero-order valence-electron chi connectivity index (χ0n) is 11.3. The van der Waals surface area contributed by atoms with Crippen LogP contribution in [0.15, 0.2) is 18.5 Å². The minimum atomic E-state index is -3.32. The first-order valence-electron chi connectivity index (χ1n) is 6.55. The molecular formula is C12H21N3O3S. The van der Waals surface area contributed by atoms with Crippen molar-refractivity contribution in [3.05, 3.63) is 18.5 Å². The Balaban J connectivity index is 1.86. The highest BCUT2D eigenvalue weighted by Crippen LogP contribution is 2.21. The summed E-state index contributed by atoms with van der Waals surface area (Å²) in [6.07, 6.45) is 4.24. The summed E-state index contributed by atoms with van der Waals surface area (Å²) in [4.78, 5) is 0. The summed E-state index contributed by atoms with van der Waals surface area (Å²) in [6, 6.07) is 1.62. The fourth-order valence-corrected chi connectivity index (χ4v) is 3.91. The average molecular weight is 287 g/mol. The second-order valence-corrected chi connectivity index (χ2v) is 7.00.